The number of rotatable bonds is 5. The molecule has 0 unspecified atom stereocenters. The van der Waals surface area contributed by atoms with Crippen molar-refractivity contribution < 1.29 is 4.42 Å². The van der Waals surface area contributed by atoms with Crippen molar-refractivity contribution in [3.63, 3.8) is 0 Å². The van der Waals surface area contributed by atoms with Crippen LogP contribution in [0.25, 0.3) is 39.3 Å². The molecule has 1 aliphatic heterocycles. The van der Waals surface area contributed by atoms with Gasteiger partial charge in [0.1, 0.15) is 11.3 Å². The van der Waals surface area contributed by atoms with Crippen molar-refractivity contribution in [1.82, 2.24) is 5.32 Å². The molecule has 0 amide bonds. The summed E-state index contributed by atoms with van der Waals surface area (Å²) in [6, 6.07) is 44.9. The van der Waals surface area contributed by atoms with Gasteiger partial charge in [-0.25, -0.2) is 0 Å². The van der Waals surface area contributed by atoms with Crippen LogP contribution >= 0.6 is 0 Å². The Morgan fingerprint density at radius 1 is 0.553 bits per heavy atom. The van der Waals surface area contributed by atoms with Crippen LogP contribution in [0, 0.1) is 0 Å². The fourth-order valence-electron chi connectivity index (χ4n) is 5.28. The molecule has 1 aliphatic rings. The minimum absolute atomic E-state index is 0.692. The third-order valence-electron chi connectivity index (χ3n) is 7.14. The number of furan rings is 1. The van der Waals surface area contributed by atoms with Gasteiger partial charge in [0.2, 0.25) is 0 Å². The fourth-order valence-corrected chi connectivity index (χ4v) is 5.28. The number of nitrogens with one attached hydrogen (secondary N) is 1. The van der Waals surface area contributed by atoms with Gasteiger partial charge in [-0.3, -0.25) is 0 Å². The van der Waals surface area contributed by atoms with Crippen LogP contribution in [-0.4, -0.2) is 0 Å². The minimum atomic E-state index is 0.692. The smallest absolute Gasteiger partial charge is 0.137 e. The third kappa shape index (κ3) is 3.95. The Hall–Kier alpha value is -5.02. The second-order valence-corrected chi connectivity index (χ2v) is 9.46. The highest BCUT2D eigenvalue weighted by atomic mass is 16.3. The monoisotopic (exact) mass is 490 g/mol. The molecule has 0 saturated carbocycles. The molecule has 0 saturated heterocycles. The Morgan fingerprint density at radius 3 is 1.68 bits per heavy atom. The number of benzene rings is 5. The van der Waals surface area contributed by atoms with Crippen LogP contribution in [0.3, 0.4) is 0 Å². The fraction of sp³-hybridized carbons (Fsp3) is 0.0286. The van der Waals surface area contributed by atoms with Gasteiger partial charge < -0.3 is 14.6 Å². The molecule has 3 heteroatoms. The molecular weight excluding hydrogens is 464 g/mol. The second kappa shape index (κ2) is 9.45. The van der Waals surface area contributed by atoms with Gasteiger partial charge in [0.25, 0.3) is 0 Å². The number of hydrogen-bond acceptors (Lipinski definition) is 3. The van der Waals surface area contributed by atoms with Gasteiger partial charge in [0.15, 0.2) is 0 Å². The molecule has 0 spiro atoms. The molecule has 0 aliphatic carbocycles. The number of anilines is 3. The lowest BCUT2D eigenvalue weighted by atomic mass is 10.0. The van der Waals surface area contributed by atoms with Crippen molar-refractivity contribution in [2.75, 3.05) is 4.90 Å². The highest BCUT2D eigenvalue weighted by Gasteiger charge is 2.22. The van der Waals surface area contributed by atoms with Crippen LogP contribution in [0.15, 0.2) is 138 Å². The normalized spacial score (nSPS) is 12.2. The summed E-state index contributed by atoms with van der Waals surface area (Å²) >= 11 is 0. The summed E-state index contributed by atoms with van der Waals surface area (Å²) < 4.78 is 6.27. The molecule has 0 fully saturated rings. The summed E-state index contributed by atoms with van der Waals surface area (Å²) in [5.74, 6) is 0.966. The molecular formula is C35H26N2O. The maximum absolute atomic E-state index is 6.27. The number of nitrogens with zero attached hydrogens (tertiary/aromatic N) is 1. The Morgan fingerprint density at radius 2 is 1.11 bits per heavy atom. The molecule has 0 radical (unpaired) electrons. The average Bonchev–Trinajstić information content (AvgIpc) is 3.38. The standard InChI is InChI=1S/C35H26N2O/c1-3-8-25(9-4-1)27-14-18-29(19-15-27)37(30-20-16-28(17-21-30)26-10-5-2-6-11-26)32-12-7-13-33-35(32)31-22-23-36-24-34(31)38-33/h1-23,36H,24H2. The molecule has 5 aromatic carbocycles. The van der Waals surface area contributed by atoms with Crippen LogP contribution in [0.2, 0.25) is 0 Å². The zero-order valence-electron chi connectivity index (χ0n) is 20.8. The van der Waals surface area contributed by atoms with E-state index < -0.39 is 0 Å². The maximum atomic E-state index is 6.27. The Kier molecular flexibility index (Phi) is 5.52. The van der Waals surface area contributed by atoms with Crippen molar-refractivity contribution in [1.29, 1.82) is 0 Å². The van der Waals surface area contributed by atoms with E-state index in [4.69, 9.17) is 4.42 Å². The SMILES string of the molecule is C1=Cc2c(oc3cccc(N(c4ccc(-c5ccccc5)cc4)c4ccc(-c5ccccc5)cc4)c23)CN1. The van der Waals surface area contributed by atoms with E-state index in [0.29, 0.717) is 6.54 Å². The van der Waals surface area contributed by atoms with Gasteiger partial charge in [-0.1, -0.05) is 91.0 Å². The predicted molar refractivity (Wildman–Crippen MR) is 158 cm³/mol. The largest absolute Gasteiger partial charge is 0.458 e. The molecule has 0 bridgehead atoms. The molecule has 0 atom stereocenters. The second-order valence-electron chi connectivity index (χ2n) is 9.46. The van der Waals surface area contributed by atoms with Gasteiger partial charge in [0.05, 0.1) is 17.6 Å². The minimum Gasteiger partial charge on any atom is -0.458 e. The summed E-state index contributed by atoms with van der Waals surface area (Å²) in [7, 11) is 0. The quantitative estimate of drug-likeness (QED) is 0.261. The van der Waals surface area contributed by atoms with E-state index >= 15 is 0 Å². The summed E-state index contributed by atoms with van der Waals surface area (Å²) in [6.45, 7) is 0.692. The summed E-state index contributed by atoms with van der Waals surface area (Å²) in [5, 5.41) is 4.39. The zero-order chi connectivity index (χ0) is 25.3. The van der Waals surface area contributed by atoms with Crippen molar-refractivity contribution in [3.05, 3.63) is 145 Å². The van der Waals surface area contributed by atoms with Gasteiger partial charge in [-0.15, -0.1) is 0 Å². The van der Waals surface area contributed by atoms with E-state index in [0.717, 1.165) is 39.4 Å². The van der Waals surface area contributed by atoms with Crippen LogP contribution < -0.4 is 10.2 Å². The molecule has 2 heterocycles. The Bertz CT molecular complexity index is 1650. The summed E-state index contributed by atoms with van der Waals surface area (Å²) in [4.78, 5) is 2.33. The lowest BCUT2D eigenvalue weighted by Gasteiger charge is -2.27. The van der Waals surface area contributed by atoms with Crippen LogP contribution in [0.4, 0.5) is 17.1 Å². The molecule has 38 heavy (non-hydrogen) atoms. The molecule has 1 aromatic heterocycles. The molecule has 6 aromatic rings. The van der Waals surface area contributed by atoms with Crippen molar-refractivity contribution >= 4 is 34.1 Å². The highest BCUT2D eigenvalue weighted by Crippen LogP contribution is 2.43. The van der Waals surface area contributed by atoms with Gasteiger partial charge in [-0.2, -0.15) is 0 Å². The Balaban J connectivity index is 1.38. The van der Waals surface area contributed by atoms with Crippen molar-refractivity contribution in [3.8, 4) is 22.3 Å². The first-order chi connectivity index (χ1) is 18.8. The average molecular weight is 491 g/mol. The molecule has 7 rings (SSSR count). The lowest BCUT2D eigenvalue weighted by Crippen LogP contribution is -2.11. The Labute approximate surface area is 222 Å². The molecule has 182 valence electrons. The van der Waals surface area contributed by atoms with Crippen molar-refractivity contribution in [2.24, 2.45) is 0 Å². The van der Waals surface area contributed by atoms with E-state index in [-0.39, 0.29) is 0 Å². The zero-order valence-corrected chi connectivity index (χ0v) is 20.8. The summed E-state index contributed by atoms with van der Waals surface area (Å²) in [6.07, 6.45) is 4.12. The van der Waals surface area contributed by atoms with Gasteiger partial charge >= 0.3 is 0 Å². The van der Waals surface area contributed by atoms with Crippen LogP contribution in [0.5, 0.6) is 0 Å². The number of fused-ring (bicyclic) bond motifs is 3. The highest BCUT2D eigenvalue weighted by molar-refractivity contribution is 6.02. The van der Waals surface area contributed by atoms with E-state index in [1.54, 1.807) is 0 Å². The lowest BCUT2D eigenvalue weighted by molar-refractivity contribution is 0.532. The maximum Gasteiger partial charge on any atom is 0.137 e. The molecule has 1 N–H and O–H groups in total. The van der Waals surface area contributed by atoms with Gasteiger partial charge in [0, 0.05) is 16.9 Å². The van der Waals surface area contributed by atoms with E-state index in [1.165, 1.54) is 22.3 Å². The van der Waals surface area contributed by atoms with E-state index in [9.17, 15) is 0 Å². The topological polar surface area (TPSA) is 28.4 Å². The van der Waals surface area contributed by atoms with Crippen LogP contribution in [0.1, 0.15) is 11.3 Å². The van der Waals surface area contributed by atoms with E-state index in [2.05, 4.69) is 144 Å². The van der Waals surface area contributed by atoms with Crippen molar-refractivity contribution in [2.45, 2.75) is 6.54 Å². The van der Waals surface area contributed by atoms with Crippen LogP contribution in [-0.2, 0) is 6.54 Å². The first-order valence-electron chi connectivity index (χ1n) is 12.9. The first-order valence-corrected chi connectivity index (χ1v) is 12.9. The number of hydrogen-bond donors (Lipinski definition) is 1. The van der Waals surface area contributed by atoms with E-state index in [1.807, 2.05) is 6.20 Å². The molecule has 3 nitrogen and oxygen atoms in total. The summed E-state index contributed by atoms with van der Waals surface area (Å²) in [5.41, 5.74) is 10.1. The third-order valence-corrected chi connectivity index (χ3v) is 7.14. The predicted octanol–water partition coefficient (Wildman–Crippen LogP) is 9.31. The van der Waals surface area contributed by atoms with Gasteiger partial charge in [-0.05, 0) is 70.9 Å². The first kappa shape index (κ1) is 22.2.